The molecule has 0 aliphatic heterocycles. The standard InChI is InChI=1S/C12H20NO6P/c1-4-13(2,3)9-19-20(16,17)18-8-10-5-6-11(14)12(15)7-10/h5-7H,4,8-9H2,1-3H3,(H2-,14,15,16,17)/p+1. The molecule has 0 saturated heterocycles. The Kier molecular flexibility index (Phi) is 5.56. The number of phosphoric ester groups is 1. The van der Waals surface area contributed by atoms with Crippen LogP contribution < -0.4 is 0 Å². The average molecular weight is 306 g/mol. The van der Waals surface area contributed by atoms with Crippen LogP contribution in [-0.2, 0) is 20.2 Å². The minimum Gasteiger partial charge on any atom is -0.504 e. The summed E-state index contributed by atoms with van der Waals surface area (Å²) in [6, 6.07) is 4.00. The van der Waals surface area contributed by atoms with Crippen LogP contribution in [-0.4, -0.2) is 47.0 Å². The van der Waals surface area contributed by atoms with Crippen LogP contribution in [0.25, 0.3) is 0 Å². The van der Waals surface area contributed by atoms with Crippen molar-refractivity contribution in [3.05, 3.63) is 23.8 Å². The number of phenolic OH excluding ortho intramolecular Hbond substituents is 2. The fraction of sp³-hybridized carbons (Fsp3) is 0.500. The molecule has 0 aliphatic carbocycles. The highest BCUT2D eigenvalue weighted by Gasteiger charge is 2.25. The molecule has 0 fully saturated rings. The fourth-order valence-electron chi connectivity index (χ4n) is 1.17. The van der Waals surface area contributed by atoms with Crippen molar-refractivity contribution in [1.82, 2.24) is 0 Å². The van der Waals surface area contributed by atoms with Gasteiger partial charge in [-0.15, -0.1) is 0 Å². The van der Waals surface area contributed by atoms with Gasteiger partial charge < -0.3 is 19.6 Å². The molecule has 0 amide bonds. The van der Waals surface area contributed by atoms with Gasteiger partial charge in [-0.25, -0.2) is 9.09 Å². The summed E-state index contributed by atoms with van der Waals surface area (Å²) in [5, 5.41) is 18.5. The van der Waals surface area contributed by atoms with Gasteiger partial charge in [-0.1, -0.05) is 6.07 Å². The predicted octanol–water partition coefficient (Wildman–Crippen LogP) is 1.79. The highest BCUT2D eigenvalue weighted by Crippen LogP contribution is 2.44. The lowest BCUT2D eigenvalue weighted by atomic mass is 10.2. The average Bonchev–Trinajstić information content (AvgIpc) is 2.38. The number of quaternary nitrogens is 1. The zero-order chi connectivity index (χ0) is 15.4. The summed E-state index contributed by atoms with van der Waals surface area (Å²) in [4.78, 5) is 9.55. The third kappa shape index (κ3) is 5.48. The van der Waals surface area contributed by atoms with Crippen LogP contribution in [0.15, 0.2) is 18.2 Å². The smallest absolute Gasteiger partial charge is 0.476 e. The molecular formula is C12H21NO6P+. The Labute approximate surface area is 118 Å². The molecule has 20 heavy (non-hydrogen) atoms. The molecule has 8 heteroatoms. The van der Waals surface area contributed by atoms with Gasteiger partial charge >= 0.3 is 7.82 Å². The van der Waals surface area contributed by atoms with E-state index in [4.69, 9.17) is 14.2 Å². The maximum Gasteiger partial charge on any atom is 0.476 e. The fourth-order valence-corrected chi connectivity index (χ4v) is 2.02. The molecule has 0 aliphatic rings. The van der Waals surface area contributed by atoms with Crippen molar-refractivity contribution < 1.29 is 33.2 Å². The number of hydrogen-bond acceptors (Lipinski definition) is 5. The molecule has 0 radical (unpaired) electrons. The molecule has 1 atom stereocenters. The Morgan fingerprint density at radius 2 is 1.85 bits per heavy atom. The first-order chi connectivity index (χ1) is 9.15. The van der Waals surface area contributed by atoms with Crippen LogP contribution in [0.5, 0.6) is 11.5 Å². The Morgan fingerprint density at radius 1 is 1.20 bits per heavy atom. The molecule has 0 spiro atoms. The summed E-state index contributed by atoms with van der Waals surface area (Å²) < 4.78 is 21.9. The van der Waals surface area contributed by atoms with Crippen LogP contribution in [0.2, 0.25) is 0 Å². The monoisotopic (exact) mass is 306 g/mol. The summed E-state index contributed by atoms with van der Waals surface area (Å²) in [7, 11) is -0.436. The van der Waals surface area contributed by atoms with Gasteiger partial charge in [-0.2, -0.15) is 0 Å². The lowest BCUT2D eigenvalue weighted by molar-refractivity contribution is -0.904. The van der Waals surface area contributed by atoms with Gasteiger partial charge in [0.1, 0.15) is 0 Å². The Morgan fingerprint density at radius 3 is 2.40 bits per heavy atom. The SMILES string of the molecule is CC[N+](C)(C)COP(=O)(O)OCc1ccc(O)c(O)c1. The van der Waals surface area contributed by atoms with Crippen molar-refractivity contribution in [3.8, 4) is 11.5 Å². The predicted molar refractivity (Wildman–Crippen MR) is 73.0 cm³/mol. The van der Waals surface area contributed by atoms with Gasteiger partial charge in [0.05, 0.1) is 27.2 Å². The number of phenols is 2. The van der Waals surface area contributed by atoms with Crippen LogP contribution in [0, 0.1) is 0 Å². The number of hydrogen-bond donors (Lipinski definition) is 3. The molecule has 1 aromatic rings. The van der Waals surface area contributed by atoms with E-state index in [-0.39, 0.29) is 24.8 Å². The van der Waals surface area contributed by atoms with Crippen molar-refractivity contribution in [2.75, 3.05) is 27.4 Å². The summed E-state index contributed by atoms with van der Waals surface area (Å²) in [6.07, 6.45) is 0. The third-order valence-electron chi connectivity index (χ3n) is 2.86. The summed E-state index contributed by atoms with van der Waals surface area (Å²) >= 11 is 0. The largest absolute Gasteiger partial charge is 0.504 e. The molecule has 7 nitrogen and oxygen atoms in total. The Balaban J connectivity index is 2.54. The van der Waals surface area contributed by atoms with Crippen molar-refractivity contribution in [2.24, 2.45) is 0 Å². The number of phosphoric acid groups is 1. The summed E-state index contributed by atoms with van der Waals surface area (Å²) in [5.41, 5.74) is 0.447. The zero-order valence-electron chi connectivity index (χ0n) is 11.8. The molecule has 0 saturated carbocycles. The second-order valence-electron chi connectivity index (χ2n) is 5.08. The van der Waals surface area contributed by atoms with Crippen LogP contribution >= 0.6 is 7.82 Å². The van der Waals surface area contributed by atoms with Crippen LogP contribution in [0.4, 0.5) is 0 Å². The van der Waals surface area contributed by atoms with E-state index in [9.17, 15) is 14.6 Å². The lowest BCUT2D eigenvalue weighted by Crippen LogP contribution is -2.40. The summed E-state index contributed by atoms with van der Waals surface area (Å²) in [6.45, 7) is 2.52. The number of aromatic hydroxyl groups is 2. The lowest BCUT2D eigenvalue weighted by Gasteiger charge is -2.28. The quantitative estimate of drug-likeness (QED) is 0.307. The topological polar surface area (TPSA) is 96.2 Å². The molecular weight excluding hydrogens is 285 g/mol. The number of nitrogens with zero attached hydrogens (tertiary/aromatic N) is 1. The third-order valence-corrected chi connectivity index (χ3v) is 3.76. The zero-order valence-corrected chi connectivity index (χ0v) is 12.7. The van der Waals surface area contributed by atoms with Gasteiger partial charge in [0.25, 0.3) is 0 Å². The van der Waals surface area contributed by atoms with Gasteiger partial charge in [0.2, 0.25) is 0 Å². The molecule has 1 unspecified atom stereocenters. The number of benzene rings is 1. The maximum absolute atomic E-state index is 11.7. The van der Waals surface area contributed by atoms with Gasteiger partial charge in [0.15, 0.2) is 18.2 Å². The van der Waals surface area contributed by atoms with Gasteiger partial charge in [-0.3, -0.25) is 4.52 Å². The van der Waals surface area contributed by atoms with Crippen molar-refractivity contribution in [1.29, 1.82) is 0 Å². The van der Waals surface area contributed by atoms with E-state index in [1.807, 2.05) is 21.0 Å². The van der Waals surface area contributed by atoms with Crippen molar-refractivity contribution in [2.45, 2.75) is 13.5 Å². The van der Waals surface area contributed by atoms with E-state index in [0.29, 0.717) is 10.0 Å². The second kappa shape index (κ2) is 6.56. The normalized spacial score (nSPS) is 15.0. The maximum atomic E-state index is 11.7. The number of rotatable bonds is 7. The molecule has 1 rings (SSSR count). The first kappa shape index (κ1) is 16.9. The van der Waals surface area contributed by atoms with E-state index in [2.05, 4.69) is 0 Å². The van der Waals surface area contributed by atoms with E-state index in [1.54, 1.807) is 0 Å². The highest BCUT2D eigenvalue weighted by atomic mass is 31.2. The van der Waals surface area contributed by atoms with Crippen molar-refractivity contribution in [3.63, 3.8) is 0 Å². The summed E-state index contributed by atoms with van der Waals surface area (Å²) in [5.74, 6) is -0.581. The van der Waals surface area contributed by atoms with E-state index < -0.39 is 7.82 Å². The van der Waals surface area contributed by atoms with Crippen LogP contribution in [0.3, 0.4) is 0 Å². The molecule has 0 heterocycles. The molecule has 114 valence electrons. The second-order valence-corrected chi connectivity index (χ2v) is 6.53. The van der Waals surface area contributed by atoms with E-state index >= 15 is 0 Å². The highest BCUT2D eigenvalue weighted by molar-refractivity contribution is 7.47. The van der Waals surface area contributed by atoms with Gasteiger partial charge in [-0.05, 0) is 24.6 Å². The van der Waals surface area contributed by atoms with E-state index in [1.165, 1.54) is 18.2 Å². The molecule has 0 bridgehead atoms. The molecule has 1 aromatic carbocycles. The van der Waals surface area contributed by atoms with Gasteiger partial charge in [0, 0.05) is 0 Å². The molecule has 3 N–H and O–H groups in total. The first-order valence-electron chi connectivity index (χ1n) is 6.10. The van der Waals surface area contributed by atoms with E-state index in [0.717, 1.165) is 6.54 Å². The van der Waals surface area contributed by atoms with Crippen LogP contribution in [0.1, 0.15) is 12.5 Å². The Bertz CT molecular complexity index is 505. The first-order valence-corrected chi connectivity index (χ1v) is 7.59. The molecule has 0 aromatic heterocycles. The minimum atomic E-state index is -4.15. The minimum absolute atomic E-state index is 0.0467. The van der Waals surface area contributed by atoms with Crippen molar-refractivity contribution >= 4 is 7.82 Å². The Hall–Kier alpha value is -1.11.